The van der Waals surface area contributed by atoms with Crippen LogP contribution in [0.2, 0.25) is 30.8 Å². The smallest absolute Gasteiger partial charge is 0.175 e. The van der Waals surface area contributed by atoms with E-state index < -0.39 is 8.07 Å². The molecule has 0 radical (unpaired) electrons. The molecule has 2 aromatic heterocycles. The van der Waals surface area contributed by atoms with Crippen LogP contribution in [-0.4, -0.2) is 35.5 Å². The Labute approximate surface area is 157 Å². The summed E-state index contributed by atoms with van der Waals surface area (Å²) in [6.07, 6.45) is 3.65. The number of fused-ring (bicyclic) bond motifs is 1. The number of halogens is 2. The summed E-state index contributed by atoms with van der Waals surface area (Å²) >= 11 is 9.63. The van der Waals surface area contributed by atoms with E-state index in [4.69, 9.17) is 16.3 Å². The molecule has 2 heterocycles. The summed E-state index contributed by atoms with van der Waals surface area (Å²) in [7, 11) is -1.08. The minimum absolute atomic E-state index is 0.434. The molecule has 3 rings (SSSR count). The van der Waals surface area contributed by atoms with E-state index >= 15 is 0 Å². The first-order valence-corrected chi connectivity index (χ1v) is 13.3. The van der Waals surface area contributed by atoms with Crippen molar-refractivity contribution in [2.24, 2.45) is 0 Å². The number of hydrogen-bond acceptors (Lipinski definition) is 4. The van der Waals surface area contributed by atoms with E-state index in [1.165, 1.54) is 19.3 Å². The van der Waals surface area contributed by atoms with Gasteiger partial charge in [-0.15, -0.1) is 0 Å². The van der Waals surface area contributed by atoms with Crippen LogP contribution in [0.4, 0.5) is 5.82 Å². The van der Waals surface area contributed by atoms with Crippen LogP contribution in [0.5, 0.6) is 0 Å². The number of aromatic nitrogens is 3. The first-order chi connectivity index (χ1) is 11.3. The summed E-state index contributed by atoms with van der Waals surface area (Å²) in [5, 5.41) is 8.62. The fourth-order valence-corrected chi connectivity index (χ4v) is 3.72. The van der Waals surface area contributed by atoms with Gasteiger partial charge in [0, 0.05) is 20.7 Å². The zero-order chi connectivity index (χ0) is 17.3. The van der Waals surface area contributed by atoms with Gasteiger partial charge in [-0.1, -0.05) is 31.2 Å². The Kier molecular flexibility index (Phi) is 5.54. The van der Waals surface area contributed by atoms with Crippen molar-refractivity contribution in [1.29, 1.82) is 0 Å². The molecule has 0 saturated heterocycles. The average Bonchev–Trinajstić information content (AvgIpc) is 2.76. The molecule has 0 spiro atoms. The Morgan fingerprint density at radius 3 is 2.79 bits per heavy atom. The van der Waals surface area contributed by atoms with E-state index in [0.29, 0.717) is 17.9 Å². The first-order valence-electron chi connectivity index (χ1n) is 8.40. The zero-order valence-corrected chi connectivity index (χ0v) is 17.7. The number of hydrogen-bond donors (Lipinski definition) is 1. The first kappa shape index (κ1) is 18.2. The second-order valence-electron chi connectivity index (χ2n) is 7.60. The molecule has 0 aliphatic heterocycles. The van der Waals surface area contributed by atoms with Crippen molar-refractivity contribution < 1.29 is 4.74 Å². The van der Waals surface area contributed by atoms with Gasteiger partial charge in [-0.2, -0.15) is 5.10 Å². The molecule has 8 heteroatoms. The van der Waals surface area contributed by atoms with Crippen LogP contribution in [0.25, 0.3) is 11.0 Å². The quantitative estimate of drug-likeness (QED) is 0.375. The SMILES string of the molecule is C[Si](C)(C)CCOCn1nc(NC2CCC2)c2nc(Cl)c(Br)cc21. The number of ether oxygens (including phenoxy) is 1. The number of rotatable bonds is 7. The number of pyridine rings is 1. The Morgan fingerprint density at radius 1 is 1.42 bits per heavy atom. The van der Waals surface area contributed by atoms with Gasteiger partial charge >= 0.3 is 0 Å². The maximum absolute atomic E-state index is 6.18. The van der Waals surface area contributed by atoms with Crippen molar-refractivity contribution in [2.45, 2.75) is 57.7 Å². The third-order valence-corrected chi connectivity index (χ3v) is 7.12. The molecular weight excluding hydrogens is 408 g/mol. The van der Waals surface area contributed by atoms with Gasteiger partial charge in [-0.05, 0) is 47.3 Å². The van der Waals surface area contributed by atoms with Crippen LogP contribution in [0.3, 0.4) is 0 Å². The molecule has 2 aromatic rings. The van der Waals surface area contributed by atoms with E-state index in [1.807, 2.05) is 10.7 Å². The van der Waals surface area contributed by atoms with Crippen LogP contribution >= 0.6 is 27.5 Å². The number of nitrogens with one attached hydrogen (secondary N) is 1. The molecule has 1 saturated carbocycles. The van der Waals surface area contributed by atoms with Crippen LogP contribution in [-0.2, 0) is 11.5 Å². The van der Waals surface area contributed by atoms with Crippen LogP contribution < -0.4 is 5.32 Å². The highest BCUT2D eigenvalue weighted by Gasteiger charge is 2.22. The summed E-state index contributed by atoms with van der Waals surface area (Å²) in [6.45, 7) is 8.25. The monoisotopic (exact) mass is 430 g/mol. The van der Waals surface area contributed by atoms with Gasteiger partial charge in [0.1, 0.15) is 17.4 Å². The molecule has 0 unspecified atom stereocenters. The van der Waals surface area contributed by atoms with Crippen molar-refractivity contribution in [3.8, 4) is 0 Å². The Bertz CT molecular complexity index is 727. The minimum Gasteiger partial charge on any atom is -0.364 e. The molecule has 0 aromatic carbocycles. The van der Waals surface area contributed by atoms with Crippen molar-refractivity contribution in [1.82, 2.24) is 14.8 Å². The largest absolute Gasteiger partial charge is 0.364 e. The van der Waals surface area contributed by atoms with E-state index in [2.05, 4.69) is 51.0 Å². The lowest BCUT2D eigenvalue weighted by Crippen LogP contribution is -2.27. The second kappa shape index (κ2) is 7.31. The Morgan fingerprint density at radius 2 is 2.17 bits per heavy atom. The molecule has 0 atom stereocenters. The molecule has 1 N–H and O–H groups in total. The molecule has 132 valence electrons. The number of nitrogens with zero attached hydrogens (tertiary/aromatic N) is 3. The zero-order valence-electron chi connectivity index (χ0n) is 14.4. The summed E-state index contributed by atoms with van der Waals surface area (Å²) in [5.74, 6) is 0.804. The van der Waals surface area contributed by atoms with Crippen LogP contribution in [0.1, 0.15) is 19.3 Å². The lowest BCUT2D eigenvalue weighted by molar-refractivity contribution is 0.0818. The van der Waals surface area contributed by atoms with Gasteiger partial charge < -0.3 is 10.1 Å². The maximum atomic E-state index is 6.18. The topological polar surface area (TPSA) is 52.0 Å². The molecule has 1 fully saturated rings. The molecule has 1 aliphatic carbocycles. The normalized spacial score (nSPS) is 15.7. The summed E-state index contributed by atoms with van der Waals surface area (Å²) < 4.78 is 8.51. The predicted octanol–water partition coefficient (Wildman–Crippen LogP) is 5.12. The Hall–Kier alpha value is -0.633. The summed E-state index contributed by atoms with van der Waals surface area (Å²) in [4.78, 5) is 4.50. The van der Waals surface area contributed by atoms with E-state index in [1.54, 1.807) is 0 Å². The van der Waals surface area contributed by atoms with Crippen LogP contribution in [0, 0.1) is 0 Å². The molecular formula is C16H24BrClN4OSi. The third-order valence-electron chi connectivity index (χ3n) is 4.29. The lowest BCUT2D eigenvalue weighted by atomic mass is 9.93. The Balaban J connectivity index is 1.79. The summed E-state index contributed by atoms with van der Waals surface area (Å²) in [5.41, 5.74) is 1.74. The van der Waals surface area contributed by atoms with E-state index in [-0.39, 0.29) is 0 Å². The van der Waals surface area contributed by atoms with Crippen molar-refractivity contribution in [3.63, 3.8) is 0 Å². The average molecular weight is 432 g/mol. The molecule has 24 heavy (non-hydrogen) atoms. The highest BCUT2D eigenvalue weighted by molar-refractivity contribution is 9.10. The van der Waals surface area contributed by atoms with Gasteiger partial charge in [0.25, 0.3) is 0 Å². The maximum Gasteiger partial charge on any atom is 0.175 e. The third kappa shape index (κ3) is 4.31. The fraction of sp³-hybridized carbons (Fsp3) is 0.625. The van der Waals surface area contributed by atoms with Gasteiger partial charge in [-0.25, -0.2) is 9.67 Å². The predicted molar refractivity (Wildman–Crippen MR) is 106 cm³/mol. The van der Waals surface area contributed by atoms with Crippen molar-refractivity contribution >= 4 is 52.5 Å². The summed E-state index contributed by atoms with van der Waals surface area (Å²) in [6, 6.07) is 3.60. The minimum atomic E-state index is -1.08. The van der Waals surface area contributed by atoms with Crippen molar-refractivity contribution in [3.05, 3.63) is 15.7 Å². The van der Waals surface area contributed by atoms with E-state index in [9.17, 15) is 0 Å². The van der Waals surface area contributed by atoms with Gasteiger partial charge in [0.2, 0.25) is 0 Å². The molecule has 5 nitrogen and oxygen atoms in total. The molecule has 1 aliphatic rings. The highest BCUT2D eigenvalue weighted by Crippen LogP contribution is 2.31. The fourth-order valence-electron chi connectivity index (χ4n) is 2.52. The van der Waals surface area contributed by atoms with Gasteiger partial charge in [0.15, 0.2) is 5.82 Å². The highest BCUT2D eigenvalue weighted by atomic mass is 79.9. The lowest BCUT2D eigenvalue weighted by Gasteiger charge is -2.26. The van der Waals surface area contributed by atoms with Crippen LogP contribution in [0.15, 0.2) is 10.5 Å². The second-order valence-corrected chi connectivity index (χ2v) is 14.4. The molecule has 0 bridgehead atoms. The van der Waals surface area contributed by atoms with Crippen molar-refractivity contribution in [2.75, 3.05) is 11.9 Å². The molecule has 0 amide bonds. The standard InChI is InChI=1S/C16H24BrClN4OSi/c1-24(2,3)8-7-23-10-22-13-9-12(17)15(18)20-14(13)16(21-22)19-11-5-4-6-11/h9,11H,4-8,10H2,1-3H3,(H,19,21). The number of anilines is 1. The van der Waals surface area contributed by atoms with Gasteiger partial charge in [-0.3, -0.25) is 0 Å². The van der Waals surface area contributed by atoms with E-state index in [0.717, 1.165) is 34.0 Å². The van der Waals surface area contributed by atoms with Gasteiger partial charge in [0.05, 0.1) is 9.99 Å².